The van der Waals surface area contributed by atoms with Gasteiger partial charge in [0.2, 0.25) is 0 Å². The van der Waals surface area contributed by atoms with Gasteiger partial charge in [0.1, 0.15) is 5.75 Å². The Balaban J connectivity index is 1.52. The molecule has 2 aromatic carbocycles. The van der Waals surface area contributed by atoms with E-state index in [9.17, 15) is 4.79 Å². The summed E-state index contributed by atoms with van der Waals surface area (Å²) in [4.78, 5) is 12.0. The zero-order valence-corrected chi connectivity index (χ0v) is 19.6. The molecule has 0 saturated carbocycles. The Hall–Kier alpha value is -2.09. The highest BCUT2D eigenvalue weighted by molar-refractivity contribution is 5.73. The number of ether oxygens (including phenoxy) is 1. The van der Waals surface area contributed by atoms with Gasteiger partial charge in [-0.1, -0.05) is 95.5 Å². The fourth-order valence-corrected chi connectivity index (χ4v) is 4.71. The van der Waals surface area contributed by atoms with Gasteiger partial charge in [-0.3, -0.25) is 4.79 Å². The molecule has 0 radical (unpaired) electrons. The van der Waals surface area contributed by atoms with E-state index in [0.717, 1.165) is 18.8 Å². The third-order valence-corrected chi connectivity index (χ3v) is 6.66. The van der Waals surface area contributed by atoms with Crippen LogP contribution in [0.5, 0.6) is 5.75 Å². The second kappa shape index (κ2) is 12.7. The molecule has 168 valence electrons. The number of benzene rings is 2. The topological polar surface area (TPSA) is 26.3 Å². The minimum atomic E-state index is -0.123. The molecule has 0 bridgehead atoms. The summed E-state index contributed by atoms with van der Waals surface area (Å²) in [5.74, 6) is 1.39. The maximum atomic E-state index is 12.0. The standard InChI is InChI=1S/C29H40O2/c1-3-5-7-9-11-23-13-14-27-22-26(16-15-25(27)21-23)24-17-19-28(20-18-24)31-29(30)12-10-8-6-4-2/h15-20,22-23H,3-14,21H2,1-2H3. The third kappa shape index (κ3) is 7.52. The quantitative estimate of drug-likeness (QED) is 0.196. The van der Waals surface area contributed by atoms with Crippen LogP contribution in [0.25, 0.3) is 11.1 Å². The van der Waals surface area contributed by atoms with Crippen LogP contribution >= 0.6 is 0 Å². The van der Waals surface area contributed by atoms with Gasteiger partial charge >= 0.3 is 5.97 Å². The minimum absolute atomic E-state index is 0.123. The lowest BCUT2D eigenvalue weighted by atomic mass is 9.80. The van der Waals surface area contributed by atoms with Crippen LogP contribution in [0.15, 0.2) is 42.5 Å². The monoisotopic (exact) mass is 420 g/mol. The molecule has 1 aliphatic carbocycles. The minimum Gasteiger partial charge on any atom is -0.427 e. The van der Waals surface area contributed by atoms with Crippen LogP contribution in [-0.4, -0.2) is 5.97 Å². The number of hydrogen-bond acceptors (Lipinski definition) is 2. The number of esters is 1. The van der Waals surface area contributed by atoms with Crippen LogP contribution < -0.4 is 4.74 Å². The summed E-state index contributed by atoms with van der Waals surface area (Å²) in [6.45, 7) is 4.46. The first kappa shape index (κ1) is 23.6. The van der Waals surface area contributed by atoms with E-state index in [-0.39, 0.29) is 5.97 Å². The smallest absolute Gasteiger partial charge is 0.311 e. The van der Waals surface area contributed by atoms with E-state index >= 15 is 0 Å². The summed E-state index contributed by atoms with van der Waals surface area (Å²) in [6, 6.07) is 15.0. The molecule has 0 N–H and O–H groups in total. The van der Waals surface area contributed by atoms with Crippen molar-refractivity contribution in [3.05, 3.63) is 53.6 Å². The predicted molar refractivity (Wildman–Crippen MR) is 131 cm³/mol. The number of carbonyl (C=O) groups excluding carboxylic acids is 1. The van der Waals surface area contributed by atoms with Crippen molar-refractivity contribution in [2.24, 2.45) is 5.92 Å². The Labute approximate surface area is 189 Å². The zero-order valence-electron chi connectivity index (χ0n) is 19.6. The molecule has 3 rings (SSSR count). The van der Waals surface area contributed by atoms with E-state index < -0.39 is 0 Å². The number of rotatable bonds is 12. The second-order valence-electron chi connectivity index (χ2n) is 9.25. The molecule has 31 heavy (non-hydrogen) atoms. The molecule has 2 aromatic rings. The van der Waals surface area contributed by atoms with Gasteiger partial charge < -0.3 is 4.74 Å². The molecular formula is C29H40O2. The molecule has 0 amide bonds. The fourth-order valence-electron chi connectivity index (χ4n) is 4.71. The fraction of sp³-hybridized carbons (Fsp3) is 0.552. The molecule has 1 atom stereocenters. The number of aryl methyl sites for hydroxylation is 1. The molecule has 0 aromatic heterocycles. The van der Waals surface area contributed by atoms with E-state index in [2.05, 4.69) is 44.2 Å². The Kier molecular flexibility index (Phi) is 9.65. The Morgan fingerprint density at radius 1 is 0.839 bits per heavy atom. The van der Waals surface area contributed by atoms with Crippen molar-refractivity contribution < 1.29 is 9.53 Å². The first-order valence-electron chi connectivity index (χ1n) is 12.6. The van der Waals surface area contributed by atoms with Crippen LogP contribution in [0.4, 0.5) is 0 Å². The van der Waals surface area contributed by atoms with Crippen molar-refractivity contribution in [2.75, 3.05) is 0 Å². The summed E-state index contributed by atoms with van der Waals surface area (Å²) >= 11 is 0. The molecule has 0 heterocycles. The van der Waals surface area contributed by atoms with Gasteiger partial charge in [-0.05, 0) is 66.0 Å². The number of carbonyl (C=O) groups is 1. The maximum absolute atomic E-state index is 12.0. The number of fused-ring (bicyclic) bond motifs is 1. The van der Waals surface area contributed by atoms with Crippen LogP contribution in [0.2, 0.25) is 0 Å². The molecule has 1 unspecified atom stereocenters. The Bertz CT molecular complexity index is 806. The van der Waals surface area contributed by atoms with Crippen molar-refractivity contribution in [2.45, 2.75) is 97.3 Å². The molecule has 1 aliphatic rings. The van der Waals surface area contributed by atoms with Gasteiger partial charge in [0.25, 0.3) is 0 Å². The van der Waals surface area contributed by atoms with E-state index in [4.69, 9.17) is 4.74 Å². The van der Waals surface area contributed by atoms with Gasteiger partial charge in [0.05, 0.1) is 0 Å². The lowest BCUT2D eigenvalue weighted by molar-refractivity contribution is -0.134. The number of hydrogen-bond donors (Lipinski definition) is 0. The molecule has 0 saturated heterocycles. The lowest BCUT2D eigenvalue weighted by Crippen LogP contribution is -2.14. The molecule has 0 spiro atoms. The summed E-state index contributed by atoms with van der Waals surface area (Å²) in [5, 5.41) is 0. The number of unbranched alkanes of at least 4 members (excludes halogenated alkanes) is 6. The molecule has 0 aliphatic heterocycles. The lowest BCUT2D eigenvalue weighted by Gasteiger charge is -2.25. The molecule has 2 heteroatoms. The van der Waals surface area contributed by atoms with Gasteiger partial charge in [-0.25, -0.2) is 0 Å². The highest BCUT2D eigenvalue weighted by atomic mass is 16.5. The maximum Gasteiger partial charge on any atom is 0.311 e. The van der Waals surface area contributed by atoms with Gasteiger partial charge in [-0.15, -0.1) is 0 Å². The van der Waals surface area contributed by atoms with Crippen molar-refractivity contribution in [3.63, 3.8) is 0 Å². The van der Waals surface area contributed by atoms with E-state index in [1.54, 1.807) is 5.56 Å². The van der Waals surface area contributed by atoms with Gasteiger partial charge in [0.15, 0.2) is 0 Å². The first-order chi connectivity index (χ1) is 15.2. The molecule has 0 fully saturated rings. The van der Waals surface area contributed by atoms with E-state index in [0.29, 0.717) is 12.2 Å². The Morgan fingerprint density at radius 3 is 2.29 bits per heavy atom. The normalized spacial score (nSPS) is 15.5. The molecule has 2 nitrogen and oxygen atoms in total. The highest BCUT2D eigenvalue weighted by Gasteiger charge is 2.18. The summed E-state index contributed by atoms with van der Waals surface area (Å²) < 4.78 is 5.50. The van der Waals surface area contributed by atoms with Crippen molar-refractivity contribution >= 4 is 5.97 Å². The molecular weight excluding hydrogens is 380 g/mol. The van der Waals surface area contributed by atoms with E-state index in [1.807, 2.05) is 12.1 Å². The zero-order chi connectivity index (χ0) is 21.9. The van der Waals surface area contributed by atoms with Crippen molar-refractivity contribution in [1.29, 1.82) is 0 Å². The summed E-state index contributed by atoms with van der Waals surface area (Å²) in [6.07, 6.45) is 15.5. The van der Waals surface area contributed by atoms with Gasteiger partial charge in [0, 0.05) is 6.42 Å². The summed E-state index contributed by atoms with van der Waals surface area (Å²) in [5.41, 5.74) is 5.51. The van der Waals surface area contributed by atoms with E-state index in [1.165, 1.54) is 80.9 Å². The first-order valence-corrected chi connectivity index (χ1v) is 12.6. The highest BCUT2D eigenvalue weighted by Crippen LogP contribution is 2.32. The SMILES string of the molecule is CCCCCCC(=O)Oc1ccc(-c2ccc3c(c2)CCC(CCCCCC)C3)cc1. The van der Waals surface area contributed by atoms with Crippen LogP contribution in [0, 0.1) is 5.92 Å². The van der Waals surface area contributed by atoms with Crippen molar-refractivity contribution in [1.82, 2.24) is 0 Å². The van der Waals surface area contributed by atoms with Crippen molar-refractivity contribution in [3.8, 4) is 16.9 Å². The summed E-state index contributed by atoms with van der Waals surface area (Å²) in [7, 11) is 0. The van der Waals surface area contributed by atoms with Crippen LogP contribution in [0.3, 0.4) is 0 Å². The largest absolute Gasteiger partial charge is 0.427 e. The Morgan fingerprint density at radius 2 is 1.55 bits per heavy atom. The van der Waals surface area contributed by atoms with Crippen LogP contribution in [-0.2, 0) is 17.6 Å². The van der Waals surface area contributed by atoms with Gasteiger partial charge in [-0.2, -0.15) is 0 Å². The average Bonchev–Trinajstić information content (AvgIpc) is 2.80. The van der Waals surface area contributed by atoms with Crippen LogP contribution in [0.1, 0.15) is 95.6 Å². The average molecular weight is 421 g/mol. The third-order valence-electron chi connectivity index (χ3n) is 6.66. The second-order valence-corrected chi connectivity index (χ2v) is 9.25. The predicted octanol–water partition coefficient (Wildman–Crippen LogP) is 8.30.